The molecule has 3 heterocycles. The van der Waals surface area contributed by atoms with Gasteiger partial charge in [0.05, 0.1) is 0 Å². The zero-order chi connectivity index (χ0) is 17.8. The standard InChI is InChI=1S/C20H16N6/c1-14-8-7-12-17(22-14)23-20-18(15-9-3-2-4-10-15)25-26-19(24-20)16-11-5-6-13-21-16/h2-13H,1H3,(H,22,23,24,26). The molecule has 4 rings (SSSR count). The Morgan fingerprint density at radius 1 is 0.769 bits per heavy atom. The van der Waals surface area contributed by atoms with Crippen molar-refractivity contribution < 1.29 is 0 Å². The Kier molecular flexibility index (Phi) is 4.30. The predicted molar refractivity (Wildman–Crippen MR) is 101 cm³/mol. The number of aryl methyl sites for hydroxylation is 1. The summed E-state index contributed by atoms with van der Waals surface area (Å²) >= 11 is 0. The lowest BCUT2D eigenvalue weighted by Gasteiger charge is -2.11. The van der Waals surface area contributed by atoms with Crippen LogP contribution < -0.4 is 5.32 Å². The van der Waals surface area contributed by atoms with Crippen LogP contribution in [0.4, 0.5) is 11.6 Å². The Bertz CT molecular complexity index is 1020. The molecule has 26 heavy (non-hydrogen) atoms. The van der Waals surface area contributed by atoms with Crippen molar-refractivity contribution in [1.29, 1.82) is 0 Å². The average Bonchev–Trinajstić information content (AvgIpc) is 2.69. The van der Waals surface area contributed by atoms with Crippen molar-refractivity contribution in [1.82, 2.24) is 25.1 Å². The molecule has 126 valence electrons. The highest BCUT2D eigenvalue weighted by atomic mass is 15.2. The molecular formula is C20H16N6. The number of anilines is 2. The first-order chi connectivity index (χ1) is 12.8. The lowest BCUT2D eigenvalue weighted by atomic mass is 10.1. The molecule has 0 amide bonds. The van der Waals surface area contributed by atoms with Crippen molar-refractivity contribution in [2.45, 2.75) is 6.92 Å². The first-order valence-electron chi connectivity index (χ1n) is 8.22. The molecule has 0 radical (unpaired) electrons. The molecule has 1 aromatic carbocycles. The smallest absolute Gasteiger partial charge is 0.202 e. The first-order valence-corrected chi connectivity index (χ1v) is 8.22. The van der Waals surface area contributed by atoms with Gasteiger partial charge in [-0.1, -0.05) is 42.5 Å². The molecule has 0 unspecified atom stereocenters. The number of rotatable bonds is 4. The number of hydrogen-bond acceptors (Lipinski definition) is 6. The zero-order valence-corrected chi connectivity index (χ0v) is 14.2. The van der Waals surface area contributed by atoms with Crippen molar-refractivity contribution in [3.63, 3.8) is 0 Å². The third kappa shape index (κ3) is 3.39. The van der Waals surface area contributed by atoms with Crippen LogP contribution in [0.1, 0.15) is 5.69 Å². The highest BCUT2D eigenvalue weighted by Crippen LogP contribution is 2.27. The van der Waals surface area contributed by atoms with Crippen LogP contribution in [0.5, 0.6) is 0 Å². The van der Waals surface area contributed by atoms with Gasteiger partial charge < -0.3 is 5.32 Å². The molecule has 3 aromatic heterocycles. The van der Waals surface area contributed by atoms with Gasteiger partial charge in [0.1, 0.15) is 17.2 Å². The first kappa shape index (κ1) is 15.8. The van der Waals surface area contributed by atoms with E-state index in [1.54, 1.807) is 6.20 Å². The summed E-state index contributed by atoms with van der Waals surface area (Å²) in [5.41, 5.74) is 3.17. The molecule has 6 nitrogen and oxygen atoms in total. The van der Waals surface area contributed by atoms with E-state index in [-0.39, 0.29) is 0 Å². The molecular weight excluding hydrogens is 324 g/mol. The molecule has 1 N–H and O–H groups in total. The minimum absolute atomic E-state index is 0.459. The molecule has 0 fully saturated rings. The van der Waals surface area contributed by atoms with Crippen molar-refractivity contribution in [3.8, 4) is 22.8 Å². The molecule has 0 saturated carbocycles. The van der Waals surface area contributed by atoms with Crippen LogP contribution >= 0.6 is 0 Å². The second-order valence-electron chi connectivity index (χ2n) is 5.70. The molecule has 0 saturated heterocycles. The fraction of sp³-hybridized carbons (Fsp3) is 0.0500. The van der Waals surface area contributed by atoms with Gasteiger partial charge in [-0.25, -0.2) is 9.97 Å². The van der Waals surface area contributed by atoms with Crippen LogP contribution in [0, 0.1) is 6.92 Å². The van der Waals surface area contributed by atoms with Crippen molar-refractivity contribution in [2.24, 2.45) is 0 Å². The molecule has 0 atom stereocenters. The summed E-state index contributed by atoms with van der Waals surface area (Å²) in [6.07, 6.45) is 1.71. The van der Waals surface area contributed by atoms with E-state index in [9.17, 15) is 0 Å². The van der Waals surface area contributed by atoms with Gasteiger partial charge in [0.2, 0.25) is 5.82 Å². The summed E-state index contributed by atoms with van der Waals surface area (Å²) in [6.45, 7) is 1.95. The summed E-state index contributed by atoms with van der Waals surface area (Å²) in [6, 6.07) is 21.2. The molecule has 0 aliphatic heterocycles. The lowest BCUT2D eigenvalue weighted by Crippen LogP contribution is -2.05. The van der Waals surface area contributed by atoms with Gasteiger partial charge in [-0.15, -0.1) is 10.2 Å². The van der Waals surface area contributed by atoms with Crippen LogP contribution in [0.3, 0.4) is 0 Å². The molecule has 6 heteroatoms. The zero-order valence-electron chi connectivity index (χ0n) is 14.2. The highest BCUT2D eigenvalue weighted by molar-refractivity contribution is 5.75. The molecule has 0 spiro atoms. The summed E-state index contributed by atoms with van der Waals surface area (Å²) in [7, 11) is 0. The van der Waals surface area contributed by atoms with E-state index in [0.717, 1.165) is 11.3 Å². The third-order valence-corrected chi connectivity index (χ3v) is 3.76. The average molecular weight is 340 g/mol. The summed E-state index contributed by atoms with van der Waals surface area (Å²) in [4.78, 5) is 13.5. The Balaban J connectivity index is 1.81. The van der Waals surface area contributed by atoms with Gasteiger partial charge in [0.25, 0.3) is 0 Å². The predicted octanol–water partition coefficient (Wildman–Crippen LogP) is 4.05. The molecule has 0 aliphatic carbocycles. The van der Waals surface area contributed by atoms with Gasteiger partial charge in [-0.3, -0.25) is 4.98 Å². The second-order valence-corrected chi connectivity index (χ2v) is 5.70. The van der Waals surface area contributed by atoms with Crippen LogP contribution in [0.2, 0.25) is 0 Å². The largest absolute Gasteiger partial charge is 0.323 e. The Morgan fingerprint density at radius 3 is 2.38 bits per heavy atom. The van der Waals surface area contributed by atoms with Crippen LogP contribution in [-0.4, -0.2) is 25.1 Å². The maximum Gasteiger partial charge on any atom is 0.202 e. The van der Waals surface area contributed by atoms with E-state index in [1.807, 2.05) is 73.7 Å². The number of benzene rings is 1. The van der Waals surface area contributed by atoms with Crippen LogP contribution in [0.15, 0.2) is 72.9 Å². The Labute approximate surface area is 151 Å². The quantitative estimate of drug-likeness (QED) is 0.604. The highest BCUT2D eigenvalue weighted by Gasteiger charge is 2.14. The van der Waals surface area contributed by atoms with E-state index in [0.29, 0.717) is 28.8 Å². The van der Waals surface area contributed by atoms with Crippen molar-refractivity contribution >= 4 is 11.6 Å². The van der Waals surface area contributed by atoms with E-state index >= 15 is 0 Å². The van der Waals surface area contributed by atoms with Gasteiger partial charge in [-0.05, 0) is 31.2 Å². The monoisotopic (exact) mass is 340 g/mol. The second kappa shape index (κ2) is 7.06. The van der Waals surface area contributed by atoms with E-state index < -0.39 is 0 Å². The van der Waals surface area contributed by atoms with Crippen LogP contribution in [-0.2, 0) is 0 Å². The van der Waals surface area contributed by atoms with E-state index in [4.69, 9.17) is 0 Å². The summed E-state index contributed by atoms with van der Waals surface area (Å²) in [5.74, 6) is 1.75. The molecule has 0 bridgehead atoms. The summed E-state index contributed by atoms with van der Waals surface area (Å²) in [5, 5.41) is 11.9. The molecule has 4 aromatic rings. The fourth-order valence-corrected chi connectivity index (χ4v) is 2.54. The van der Waals surface area contributed by atoms with E-state index in [1.165, 1.54) is 0 Å². The third-order valence-electron chi connectivity index (χ3n) is 3.76. The van der Waals surface area contributed by atoms with Gasteiger partial charge >= 0.3 is 0 Å². The number of pyridine rings is 2. The maximum absolute atomic E-state index is 4.66. The van der Waals surface area contributed by atoms with Gasteiger partial charge in [0.15, 0.2) is 5.82 Å². The van der Waals surface area contributed by atoms with Crippen molar-refractivity contribution in [2.75, 3.05) is 5.32 Å². The van der Waals surface area contributed by atoms with Gasteiger partial charge in [0, 0.05) is 17.5 Å². The minimum Gasteiger partial charge on any atom is -0.323 e. The fourth-order valence-electron chi connectivity index (χ4n) is 2.54. The topological polar surface area (TPSA) is 76.5 Å². The maximum atomic E-state index is 4.66. The number of nitrogens with zero attached hydrogens (tertiary/aromatic N) is 5. The molecule has 0 aliphatic rings. The minimum atomic E-state index is 0.459. The Morgan fingerprint density at radius 2 is 1.62 bits per heavy atom. The van der Waals surface area contributed by atoms with E-state index in [2.05, 4.69) is 30.5 Å². The SMILES string of the molecule is Cc1cccc(Nc2nc(-c3ccccn3)nnc2-c2ccccc2)n1. The Hall–Kier alpha value is -3.67. The number of nitrogens with one attached hydrogen (secondary N) is 1. The van der Waals surface area contributed by atoms with Crippen molar-refractivity contribution in [3.05, 3.63) is 78.6 Å². The van der Waals surface area contributed by atoms with Gasteiger partial charge in [-0.2, -0.15) is 0 Å². The van der Waals surface area contributed by atoms with Crippen LogP contribution in [0.25, 0.3) is 22.8 Å². The summed E-state index contributed by atoms with van der Waals surface area (Å²) < 4.78 is 0. The lowest BCUT2D eigenvalue weighted by molar-refractivity contribution is 0.979. The normalized spacial score (nSPS) is 10.5. The number of hydrogen-bond donors (Lipinski definition) is 1. The number of aromatic nitrogens is 5.